The molecule has 3 rings (SSSR count). The Balaban J connectivity index is 1.75. The molecule has 4 atom stereocenters. The maximum absolute atomic E-state index is 12.5. The van der Waals surface area contributed by atoms with E-state index in [-0.39, 0.29) is 6.10 Å². The lowest BCUT2D eigenvalue weighted by atomic mass is 9.77. The first-order chi connectivity index (χ1) is 9.58. The molecule has 1 aliphatic carbocycles. The van der Waals surface area contributed by atoms with Crippen molar-refractivity contribution in [2.45, 2.75) is 43.3 Å². The van der Waals surface area contributed by atoms with Gasteiger partial charge in [0.05, 0.1) is 16.6 Å². The molecule has 4 heteroatoms. The molecule has 3 nitrogen and oxygen atoms in total. The molecule has 0 aromatic heterocycles. The Labute approximate surface area is 122 Å². The summed E-state index contributed by atoms with van der Waals surface area (Å²) in [5.74, 6) is 0.846. The standard InChI is InChI=1S/C16H20O3S/c1-12-8-9-13-10-15(12)18-19-16(13,2)11-20(17)14-6-4-3-5-7-14/h3-8,13,15H,9-11H2,1-2H3/t13-,15-,16-,20?/m0/s1. The molecule has 0 spiro atoms. The number of hydrogen-bond donors (Lipinski definition) is 0. The zero-order chi connectivity index (χ0) is 14.2. The number of benzene rings is 1. The highest BCUT2D eigenvalue weighted by Gasteiger charge is 2.45. The van der Waals surface area contributed by atoms with Crippen LogP contribution in [0.4, 0.5) is 0 Å². The quantitative estimate of drug-likeness (QED) is 0.634. The van der Waals surface area contributed by atoms with Crippen molar-refractivity contribution in [2.75, 3.05) is 5.75 Å². The molecule has 1 unspecified atom stereocenters. The minimum atomic E-state index is -1.06. The summed E-state index contributed by atoms with van der Waals surface area (Å²) in [5, 5.41) is 0. The third-order valence-corrected chi connectivity index (χ3v) is 6.01. The Morgan fingerprint density at radius 1 is 1.35 bits per heavy atom. The van der Waals surface area contributed by atoms with Crippen LogP contribution < -0.4 is 0 Å². The van der Waals surface area contributed by atoms with Crippen LogP contribution in [0.5, 0.6) is 0 Å². The monoisotopic (exact) mass is 292 g/mol. The van der Waals surface area contributed by atoms with Crippen molar-refractivity contribution in [3.05, 3.63) is 42.0 Å². The second kappa shape index (κ2) is 5.43. The minimum absolute atomic E-state index is 0.0759. The summed E-state index contributed by atoms with van der Waals surface area (Å²) in [7, 11) is -1.06. The van der Waals surface area contributed by atoms with E-state index in [0.717, 1.165) is 17.7 Å². The first-order valence-electron chi connectivity index (χ1n) is 7.03. The first-order valence-corrected chi connectivity index (χ1v) is 8.35. The van der Waals surface area contributed by atoms with Gasteiger partial charge in [0.25, 0.3) is 0 Å². The molecule has 2 bridgehead atoms. The van der Waals surface area contributed by atoms with E-state index in [2.05, 4.69) is 13.0 Å². The van der Waals surface area contributed by atoms with Crippen LogP contribution in [0.2, 0.25) is 0 Å². The van der Waals surface area contributed by atoms with Gasteiger partial charge in [0.15, 0.2) is 0 Å². The summed E-state index contributed by atoms with van der Waals surface area (Å²) >= 11 is 0. The molecule has 2 aliphatic rings. The molecule has 1 fully saturated rings. The maximum atomic E-state index is 12.5. The lowest BCUT2D eigenvalue weighted by Crippen LogP contribution is -2.50. The van der Waals surface area contributed by atoms with Crippen molar-refractivity contribution < 1.29 is 14.0 Å². The molecule has 1 heterocycles. The van der Waals surface area contributed by atoms with Gasteiger partial charge in [-0.3, -0.25) is 4.21 Å². The van der Waals surface area contributed by atoms with Gasteiger partial charge in [-0.25, -0.2) is 9.78 Å². The van der Waals surface area contributed by atoms with Crippen LogP contribution in [0.25, 0.3) is 0 Å². The van der Waals surface area contributed by atoms with Crippen LogP contribution in [0.1, 0.15) is 26.7 Å². The van der Waals surface area contributed by atoms with E-state index in [1.807, 2.05) is 37.3 Å². The second-order valence-corrected chi connectivity index (χ2v) is 7.35. The predicted molar refractivity (Wildman–Crippen MR) is 78.6 cm³/mol. The lowest BCUT2D eigenvalue weighted by molar-refractivity contribution is -0.408. The molecule has 1 aliphatic heterocycles. The van der Waals surface area contributed by atoms with Crippen LogP contribution in [-0.2, 0) is 20.6 Å². The lowest BCUT2D eigenvalue weighted by Gasteiger charge is -2.44. The fourth-order valence-electron chi connectivity index (χ4n) is 2.91. The van der Waals surface area contributed by atoms with E-state index in [1.54, 1.807) is 0 Å². The summed E-state index contributed by atoms with van der Waals surface area (Å²) in [6.45, 7) is 4.10. The Morgan fingerprint density at radius 2 is 2.10 bits per heavy atom. The Kier molecular flexibility index (Phi) is 3.80. The molecular weight excluding hydrogens is 272 g/mol. The van der Waals surface area contributed by atoms with Crippen molar-refractivity contribution in [3.63, 3.8) is 0 Å². The second-order valence-electron chi connectivity index (χ2n) is 5.90. The van der Waals surface area contributed by atoms with E-state index >= 15 is 0 Å². The van der Waals surface area contributed by atoms with Gasteiger partial charge in [0.2, 0.25) is 0 Å². The number of fused-ring (bicyclic) bond motifs is 2. The van der Waals surface area contributed by atoms with E-state index in [1.165, 1.54) is 5.57 Å². The van der Waals surface area contributed by atoms with E-state index in [9.17, 15) is 4.21 Å². The zero-order valence-corrected chi connectivity index (χ0v) is 12.7. The average Bonchev–Trinajstić information content (AvgIpc) is 2.47. The molecular formula is C16H20O3S. The maximum Gasteiger partial charge on any atom is 0.116 e. The SMILES string of the molecule is CC1=CC[C@H]2C[C@@H]1OO[C@@]2(C)CS(=O)c1ccccc1. The summed E-state index contributed by atoms with van der Waals surface area (Å²) in [5.41, 5.74) is 0.765. The Hall–Kier alpha value is -0.970. The molecule has 0 N–H and O–H groups in total. The van der Waals surface area contributed by atoms with Crippen LogP contribution in [-0.4, -0.2) is 21.7 Å². The highest BCUT2D eigenvalue weighted by Crippen LogP contribution is 2.41. The van der Waals surface area contributed by atoms with E-state index < -0.39 is 16.4 Å². The van der Waals surface area contributed by atoms with Crippen LogP contribution in [0.15, 0.2) is 46.9 Å². The average molecular weight is 292 g/mol. The normalized spacial score (nSPS) is 34.4. The molecule has 0 radical (unpaired) electrons. The predicted octanol–water partition coefficient (Wildman–Crippen LogP) is 3.24. The molecule has 1 aromatic rings. The van der Waals surface area contributed by atoms with Gasteiger partial charge in [0.1, 0.15) is 11.7 Å². The number of hydrogen-bond acceptors (Lipinski definition) is 3. The highest BCUT2D eigenvalue weighted by atomic mass is 32.2. The van der Waals surface area contributed by atoms with Crippen molar-refractivity contribution in [2.24, 2.45) is 5.92 Å². The summed E-state index contributed by atoms with van der Waals surface area (Å²) < 4.78 is 12.5. The molecule has 0 saturated carbocycles. The van der Waals surface area contributed by atoms with E-state index in [0.29, 0.717) is 11.7 Å². The molecule has 108 valence electrons. The number of rotatable bonds is 3. The van der Waals surface area contributed by atoms with Gasteiger partial charge in [-0.2, -0.15) is 0 Å². The Bertz CT molecular complexity index is 540. The zero-order valence-electron chi connectivity index (χ0n) is 11.9. The van der Waals surface area contributed by atoms with Crippen molar-refractivity contribution in [3.8, 4) is 0 Å². The largest absolute Gasteiger partial charge is 0.254 e. The van der Waals surface area contributed by atoms with Gasteiger partial charge in [-0.1, -0.05) is 24.3 Å². The minimum Gasteiger partial charge on any atom is -0.254 e. The van der Waals surface area contributed by atoms with Crippen molar-refractivity contribution in [1.82, 2.24) is 0 Å². The summed E-state index contributed by atoms with van der Waals surface area (Å²) in [6.07, 6.45) is 4.25. The number of allylic oxidation sites excluding steroid dienone is 1. The molecule has 1 aromatic carbocycles. The molecule has 1 saturated heterocycles. The van der Waals surface area contributed by atoms with Crippen LogP contribution in [0.3, 0.4) is 0 Å². The van der Waals surface area contributed by atoms with E-state index in [4.69, 9.17) is 9.78 Å². The first kappa shape index (κ1) is 14.0. The van der Waals surface area contributed by atoms with Gasteiger partial charge in [0, 0.05) is 4.90 Å². The fraction of sp³-hybridized carbons (Fsp3) is 0.500. The summed E-state index contributed by atoms with van der Waals surface area (Å²) in [6, 6.07) is 9.56. The highest BCUT2D eigenvalue weighted by molar-refractivity contribution is 7.85. The van der Waals surface area contributed by atoms with Crippen LogP contribution >= 0.6 is 0 Å². The van der Waals surface area contributed by atoms with Gasteiger partial charge in [-0.05, 0) is 50.3 Å². The van der Waals surface area contributed by atoms with Crippen LogP contribution in [0, 0.1) is 5.92 Å². The summed E-state index contributed by atoms with van der Waals surface area (Å²) in [4.78, 5) is 12.0. The topological polar surface area (TPSA) is 35.5 Å². The van der Waals surface area contributed by atoms with Gasteiger partial charge < -0.3 is 0 Å². The molecule has 20 heavy (non-hydrogen) atoms. The smallest absolute Gasteiger partial charge is 0.116 e. The third kappa shape index (κ3) is 2.60. The fourth-order valence-corrected chi connectivity index (χ4v) is 4.34. The van der Waals surface area contributed by atoms with Crippen molar-refractivity contribution >= 4 is 10.8 Å². The Morgan fingerprint density at radius 3 is 2.85 bits per heavy atom. The van der Waals surface area contributed by atoms with Crippen molar-refractivity contribution in [1.29, 1.82) is 0 Å². The third-order valence-electron chi connectivity index (χ3n) is 4.37. The van der Waals surface area contributed by atoms with Gasteiger partial charge >= 0.3 is 0 Å². The van der Waals surface area contributed by atoms with Gasteiger partial charge in [-0.15, -0.1) is 0 Å². The molecule has 0 amide bonds.